The summed E-state index contributed by atoms with van der Waals surface area (Å²) in [5.41, 5.74) is 2.01. The van der Waals surface area contributed by atoms with Gasteiger partial charge < -0.3 is 14.8 Å². The SMILES string of the molecule is COc1ccc(CNc2nc(Cl)cc(Oc3ccc(CCNS(C)(=O)=O)cc3)n2)cc1. The Kier molecular flexibility index (Phi) is 7.67. The number of nitrogens with zero attached hydrogens (tertiary/aromatic N) is 2. The van der Waals surface area contributed by atoms with Crippen LogP contribution in [-0.2, 0) is 23.0 Å². The van der Waals surface area contributed by atoms with Crippen molar-refractivity contribution in [2.24, 2.45) is 0 Å². The predicted molar refractivity (Wildman–Crippen MR) is 120 cm³/mol. The lowest BCUT2D eigenvalue weighted by Gasteiger charge is -2.10. The first kappa shape index (κ1) is 22.8. The minimum atomic E-state index is -3.19. The van der Waals surface area contributed by atoms with E-state index in [1.807, 2.05) is 36.4 Å². The second-order valence-corrected chi connectivity index (χ2v) is 8.94. The fraction of sp³-hybridized carbons (Fsp3) is 0.238. The van der Waals surface area contributed by atoms with Gasteiger partial charge in [-0.1, -0.05) is 35.9 Å². The van der Waals surface area contributed by atoms with Crippen LogP contribution < -0.4 is 19.5 Å². The molecule has 10 heteroatoms. The zero-order valence-electron chi connectivity index (χ0n) is 17.1. The summed E-state index contributed by atoms with van der Waals surface area (Å²) in [5.74, 6) is 2.03. The largest absolute Gasteiger partial charge is 0.497 e. The molecule has 0 fully saturated rings. The number of halogens is 1. The number of rotatable bonds is 10. The van der Waals surface area contributed by atoms with Crippen LogP contribution in [-0.4, -0.2) is 38.3 Å². The lowest BCUT2D eigenvalue weighted by Crippen LogP contribution is -2.24. The standard InChI is InChI=1S/C21H23ClN4O4S/c1-29-17-7-5-16(6-8-17)14-23-21-25-19(22)13-20(26-21)30-18-9-3-15(4-10-18)11-12-24-31(2,27)28/h3-10,13,24H,11-12,14H2,1-2H3,(H,23,25,26). The van der Waals surface area contributed by atoms with Gasteiger partial charge in [-0.25, -0.2) is 18.1 Å². The number of ether oxygens (including phenoxy) is 2. The number of methoxy groups -OCH3 is 1. The van der Waals surface area contributed by atoms with Gasteiger partial charge in [-0.05, 0) is 41.8 Å². The summed E-state index contributed by atoms with van der Waals surface area (Å²) in [7, 11) is -1.57. The lowest BCUT2D eigenvalue weighted by molar-refractivity contribution is 0.414. The van der Waals surface area contributed by atoms with Crippen LogP contribution in [0.15, 0.2) is 54.6 Å². The molecule has 3 aromatic rings. The van der Waals surface area contributed by atoms with Crippen molar-refractivity contribution in [2.45, 2.75) is 13.0 Å². The minimum absolute atomic E-state index is 0.255. The van der Waals surface area contributed by atoms with Crippen molar-refractivity contribution in [3.05, 3.63) is 70.9 Å². The van der Waals surface area contributed by atoms with Gasteiger partial charge in [0.15, 0.2) is 0 Å². The highest BCUT2D eigenvalue weighted by molar-refractivity contribution is 7.88. The summed E-state index contributed by atoms with van der Waals surface area (Å²) in [5, 5.41) is 3.38. The zero-order valence-corrected chi connectivity index (χ0v) is 18.7. The van der Waals surface area contributed by atoms with Crippen LogP contribution in [0.4, 0.5) is 5.95 Å². The number of hydrogen-bond acceptors (Lipinski definition) is 7. The number of sulfonamides is 1. The van der Waals surface area contributed by atoms with Crippen molar-refractivity contribution in [1.82, 2.24) is 14.7 Å². The van der Waals surface area contributed by atoms with E-state index in [2.05, 4.69) is 20.0 Å². The number of benzene rings is 2. The number of aromatic nitrogens is 2. The molecule has 0 bridgehead atoms. The van der Waals surface area contributed by atoms with Crippen molar-refractivity contribution in [3.63, 3.8) is 0 Å². The highest BCUT2D eigenvalue weighted by atomic mass is 35.5. The topological polar surface area (TPSA) is 102 Å². The van der Waals surface area contributed by atoms with Crippen LogP contribution in [0.5, 0.6) is 17.4 Å². The van der Waals surface area contributed by atoms with Gasteiger partial charge in [0.2, 0.25) is 21.9 Å². The predicted octanol–water partition coefficient (Wildman–Crippen LogP) is 3.63. The van der Waals surface area contributed by atoms with Crippen LogP contribution in [0.1, 0.15) is 11.1 Å². The van der Waals surface area contributed by atoms with E-state index in [1.54, 1.807) is 19.2 Å². The van der Waals surface area contributed by atoms with E-state index in [-0.39, 0.29) is 5.15 Å². The Hall–Kier alpha value is -2.88. The third-order valence-electron chi connectivity index (χ3n) is 4.20. The second-order valence-electron chi connectivity index (χ2n) is 6.72. The van der Waals surface area contributed by atoms with Crippen molar-refractivity contribution in [3.8, 4) is 17.4 Å². The summed E-state index contributed by atoms with van der Waals surface area (Å²) in [6, 6.07) is 16.5. The van der Waals surface area contributed by atoms with Crippen molar-refractivity contribution in [1.29, 1.82) is 0 Å². The molecule has 2 N–H and O–H groups in total. The van der Waals surface area contributed by atoms with Crippen molar-refractivity contribution < 1.29 is 17.9 Å². The first-order chi connectivity index (χ1) is 14.8. The van der Waals surface area contributed by atoms with Gasteiger partial charge in [-0.3, -0.25) is 0 Å². The molecule has 0 aliphatic carbocycles. The third-order valence-corrected chi connectivity index (χ3v) is 5.13. The number of anilines is 1. The fourth-order valence-electron chi connectivity index (χ4n) is 2.68. The average molecular weight is 463 g/mol. The molecule has 3 rings (SSSR count). The first-order valence-corrected chi connectivity index (χ1v) is 11.7. The lowest BCUT2D eigenvalue weighted by atomic mass is 10.1. The quantitative estimate of drug-likeness (QED) is 0.443. The second kappa shape index (κ2) is 10.4. The third kappa shape index (κ3) is 7.71. The van der Waals surface area contributed by atoms with Crippen LogP contribution in [0.3, 0.4) is 0 Å². The Balaban J connectivity index is 1.59. The molecule has 8 nitrogen and oxygen atoms in total. The molecule has 0 unspecified atom stereocenters. The molecule has 0 spiro atoms. The Morgan fingerprint density at radius 1 is 0.968 bits per heavy atom. The molecule has 0 saturated heterocycles. The van der Waals surface area contributed by atoms with E-state index >= 15 is 0 Å². The molecule has 0 saturated carbocycles. The molecule has 1 aromatic heterocycles. The van der Waals surface area contributed by atoms with Gasteiger partial charge in [0, 0.05) is 19.2 Å². The van der Waals surface area contributed by atoms with Crippen molar-refractivity contribution in [2.75, 3.05) is 25.2 Å². The highest BCUT2D eigenvalue weighted by Crippen LogP contribution is 2.24. The van der Waals surface area contributed by atoms with Crippen LogP contribution in [0, 0.1) is 0 Å². The Labute approximate surface area is 186 Å². The molecular weight excluding hydrogens is 440 g/mol. The average Bonchev–Trinajstić information content (AvgIpc) is 2.73. The van der Waals surface area contributed by atoms with E-state index in [0.29, 0.717) is 37.1 Å². The molecule has 164 valence electrons. The summed E-state index contributed by atoms with van der Waals surface area (Å²) in [6.07, 6.45) is 1.71. The smallest absolute Gasteiger partial charge is 0.227 e. The maximum Gasteiger partial charge on any atom is 0.227 e. The number of nitrogens with one attached hydrogen (secondary N) is 2. The summed E-state index contributed by atoms with van der Waals surface area (Å²) >= 11 is 6.11. The Morgan fingerprint density at radius 2 is 1.61 bits per heavy atom. The number of hydrogen-bond donors (Lipinski definition) is 2. The van der Waals surface area contributed by atoms with E-state index in [1.165, 1.54) is 6.07 Å². The molecule has 0 atom stereocenters. The fourth-order valence-corrected chi connectivity index (χ4v) is 3.32. The summed E-state index contributed by atoms with van der Waals surface area (Å²) in [6.45, 7) is 0.851. The normalized spacial score (nSPS) is 11.2. The molecule has 0 radical (unpaired) electrons. The van der Waals surface area contributed by atoms with Crippen molar-refractivity contribution >= 4 is 27.6 Å². The van der Waals surface area contributed by atoms with Gasteiger partial charge in [-0.2, -0.15) is 4.98 Å². The monoisotopic (exact) mass is 462 g/mol. The zero-order chi connectivity index (χ0) is 22.3. The van der Waals surface area contributed by atoms with E-state index in [9.17, 15) is 8.42 Å². The molecule has 0 aliphatic rings. The summed E-state index contributed by atoms with van der Waals surface area (Å²) in [4.78, 5) is 8.52. The maximum absolute atomic E-state index is 11.1. The van der Waals surface area contributed by atoms with Crippen LogP contribution in [0.25, 0.3) is 0 Å². The van der Waals surface area contributed by atoms with Gasteiger partial charge in [0.1, 0.15) is 16.7 Å². The molecule has 1 heterocycles. The van der Waals surface area contributed by atoms with Gasteiger partial charge in [0.05, 0.1) is 13.4 Å². The molecule has 2 aromatic carbocycles. The molecule has 31 heavy (non-hydrogen) atoms. The first-order valence-electron chi connectivity index (χ1n) is 9.43. The Bertz CT molecular complexity index is 1110. The van der Waals surface area contributed by atoms with Gasteiger partial charge in [0.25, 0.3) is 0 Å². The van der Waals surface area contributed by atoms with Crippen LogP contribution in [0.2, 0.25) is 5.15 Å². The maximum atomic E-state index is 11.1. The van der Waals surface area contributed by atoms with Crippen LogP contribution >= 0.6 is 11.6 Å². The van der Waals surface area contributed by atoms with E-state index in [4.69, 9.17) is 21.1 Å². The van der Waals surface area contributed by atoms with E-state index in [0.717, 1.165) is 23.1 Å². The van der Waals surface area contributed by atoms with Gasteiger partial charge >= 0.3 is 0 Å². The highest BCUT2D eigenvalue weighted by Gasteiger charge is 2.07. The van der Waals surface area contributed by atoms with E-state index < -0.39 is 10.0 Å². The molecule has 0 amide bonds. The molecule has 0 aliphatic heterocycles. The van der Waals surface area contributed by atoms with Gasteiger partial charge in [-0.15, -0.1) is 0 Å². The summed E-state index contributed by atoms with van der Waals surface area (Å²) < 4.78 is 35.7. The minimum Gasteiger partial charge on any atom is -0.497 e. The Morgan fingerprint density at radius 3 is 2.26 bits per heavy atom. The molecular formula is C21H23ClN4O4S.